The summed E-state index contributed by atoms with van der Waals surface area (Å²) in [5, 5.41) is 7.30. The molecule has 0 aliphatic heterocycles. The number of hydrogen-bond acceptors (Lipinski definition) is 2. The minimum Gasteiger partial charge on any atom is -0.347 e. The van der Waals surface area contributed by atoms with Gasteiger partial charge in [-0.25, -0.2) is 9.07 Å². The molecule has 0 fully saturated rings. The van der Waals surface area contributed by atoms with Gasteiger partial charge in [-0.1, -0.05) is 13.0 Å². The Morgan fingerprint density at radius 2 is 1.92 bits per heavy atom. The van der Waals surface area contributed by atoms with Crippen LogP contribution in [0, 0.1) is 5.82 Å². The van der Waals surface area contributed by atoms with E-state index >= 15 is 0 Å². The van der Waals surface area contributed by atoms with Crippen LogP contribution in [0.2, 0.25) is 0 Å². The van der Waals surface area contributed by atoms with Gasteiger partial charge in [0.25, 0.3) is 5.91 Å². The van der Waals surface area contributed by atoms with E-state index in [1.54, 1.807) is 41.2 Å². The molecule has 0 radical (unpaired) electrons. The Morgan fingerprint density at radius 3 is 2.60 bits per heavy atom. The third kappa shape index (κ3) is 3.50. The van der Waals surface area contributed by atoms with E-state index in [9.17, 15) is 18.0 Å². The standard InChI is InChI=1S/C18H16F3N3O/c1-2-18(20,21)17(25)22-10-12-3-8-16-13(9-12)11-23-24(16)15-6-4-14(19)5-7-15/h3-9,11H,2,10H2,1H3,(H,22,25). The first-order valence-corrected chi connectivity index (χ1v) is 7.79. The number of nitrogens with zero attached hydrogens (tertiary/aromatic N) is 2. The first kappa shape index (κ1) is 17.0. The van der Waals surface area contributed by atoms with E-state index in [1.165, 1.54) is 19.1 Å². The second-order valence-corrected chi connectivity index (χ2v) is 5.67. The van der Waals surface area contributed by atoms with Gasteiger partial charge in [-0.15, -0.1) is 0 Å². The number of carbonyl (C=O) groups is 1. The molecule has 1 N–H and O–H groups in total. The van der Waals surface area contributed by atoms with E-state index in [2.05, 4.69) is 10.4 Å². The third-order valence-electron chi connectivity index (χ3n) is 3.93. The molecule has 25 heavy (non-hydrogen) atoms. The Labute approximate surface area is 142 Å². The number of hydrogen-bond donors (Lipinski definition) is 1. The molecule has 0 saturated carbocycles. The maximum absolute atomic E-state index is 13.3. The van der Waals surface area contributed by atoms with Gasteiger partial charge in [-0.2, -0.15) is 13.9 Å². The number of carbonyl (C=O) groups excluding carboxylic acids is 1. The molecule has 0 saturated heterocycles. The highest BCUT2D eigenvalue weighted by Gasteiger charge is 2.35. The summed E-state index contributed by atoms with van der Waals surface area (Å²) < 4.78 is 41.2. The summed E-state index contributed by atoms with van der Waals surface area (Å²) in [6.07, 6.45) is 1.09. The Hall–Kier alpha value is -2.83. The maximum atomic E-state index is 13.3. The monoisotopic (exact) mass is 347 g/mol. The van der Waals surface area contributed by atoms with E-state index in [4.69, 9.17) is 0 Å². The molecule has 3 rings (SSSR count). The quantitative estimate of drug-likeness (QED) is 0.763. The normalized spacial score (nSPS) is 11.7. The topological polar surface area (TPSA) is 46.9 Å². The molecule has 1 aromatic heterocycles. The van der Waals surface area contributed by atoms with Crippen molar-refractivity contribution in [1.29, 1.82) is 0 Å². The average molecular weight is 347 g/mol. The molecule has 7 heteroatoms. The Kier molecular flexibility index (Phi) is 4.48. The summed E-state index contributed by atoms with van der Waals surface area (Å²) >= 11 is 0. The van der Waals surface area contributed by atoms with Crippen molar-refractivity contribution in [2.75, 3.05) is 0 Å². The molecule has 0 atom stereocenters. The van der Waals surface area contributed by atoms with Crippen molar-refractivity contribution in [2.45, 2.75) is 25.8 Å². The lowest BCUT2D eigenvalue weighted by Crippen LogP contribution is -2.39. The first-order valence-electron chi connectivity index (χ1n) is 7.79. The lowest BCUT2D eigenvalue weighted by Gasteiger charge is -2.13. The fourth-order valence-corrected chi connectivity index (χ4v) is 2.45. The zero-order valence-corrected chi connectivity index (χ0v) is 13.5. The van der Waals surface area contributed by atoms with E-state index in [0.29, 0.717) is 11.3 Å². The van der Waals surface area contributed by atoms with Gasteiger partial charge in [0.2, 0.25) is 0 Å². The highest BCUT2D eigenvalue weighted by Crippen LogP contribution is 2.21. The molecular weight excluding hydrogens is 331 g/mol. The minimum absolute atomic E-state index is 0.00604. The highest BCUT2D eigenvalue weighted by molar-refractivity contribution is 5.84. The SMILES string of the molecule is CCC(F)(F)C(=O)NCc1ccc2c(cnn2-c2ccc(F)cc2)c1. The van der Waals surface area contributed by atoms with Crippen LogP contribution in [0.5, 0.6) is 0 Å². The highest BCUT2D eigenvalue weighted by atomic mass is 19.3. The van der Waals surface area contributed by atoms with Crippen LogP contribution in [0.1, 0.15) is 18.9 Å². The second-order valence-electron chi connectivity index (χ2n) is 5.67. The van der Waals surface area contributed by atoms with Crippen LogP contribution >= 0.6 is 0 Å². The van der Waals surface area contributed by atoms with Crippen molar-refractivity contribution < 1.29 is 18.0 Å². The van der Waals surface area contributed by atoms with Crippen LogP contribution in [-0.4, -0.2) is 21.6 Å². The van der Waals surface area contributed by atoms with Crippen LogP contribution in [0.3, 0.4) is 0 Å². The average Bonchev–Trinajstić information content (AvgIpc) is 3.03. The van der Waals surface area contributed by atoms with Gasteiger partial charge in [-0.3, -0.25) is 4.79 Å². The van der Waals surface area contributed by atoms with Crippen molar-refractivity contribution >= 4 is 16.8 Å². The molecule has 130 valence electrons. The minimum atomic E-state index is -3.36. The van der Waals surface area contributed by atoms with Crippen LogP contribution in [0.25, 0.3) is 16.6 Å². The summed E-state index contributed by atoms with van der Waals surface area (Å²) in [4.78, 5) is 11.4. The number of benzene rings is 2. The van der Waals surface area contributed by atoms with Gasteiger partial charge in [0.1, 0.15) is 5.82 Å². The van der Waals surface area contributed by atoms with Gasteiger partial charge in [0, 0.05) is 18.4 Å². The molecule has 0 aliphatic rings. The smallest absolute Gasteiger partial charge is 0.324 e. The van der Waals surface area contributed by atoms with Crippen LogP contribution in [-0.2, 0) is 11.3 Å². The summed E-state index contributed by atoms with van der Waals surface area (Å²) in [6, 6.07) is 11.2. The number of aromatic nitrogens is 2. The van der Waals surface area contributed by atoms with Gasteiger partial charge < -0.3 is 5.32 Å². The molecule has 1 amide bonds. The van der Waals surface area contributed by atoms with Gasteiger partial charge >= 0.3 is 5.92 Å². The van der Waals surface area contributed by atoms with Crippen molar-refractivity contribution in [1.82, 2.24) is 15.1 Å². The molecular formula is C18H16F3N3O. The molecule has 0 bridgehead atoms. The van der Waals surface area contributed by atoms with Crippen molar-refractivity contribution in [3.05, 3.63) is 60.0 Å². The van der Waals surface area contributed by atoms with Crippen molar-refractivity contribution in [3.8, 4) is 5.69 Å². The Balaban J connectivity index is 1.80. The number of rotatable bonds is 5. The molecule has 3 aromatic rings. The number of fused-ring (bicyclic) bond motifs is 1. The number of nitrogens with one attached hydrogen (secondary N) is 1. The zero-order chi connectivity index (χ0) is 18.0. The van der Waals surface area contributed by atoms with E-state index < -0.39 is 18.3 Å². The van der Waals surface area contributed by atoms with Gasteiger partial charge in [-0.05, 0) is 42.0 Å². The molecule has 0 aliphatic carbocycles. The van der Waals surface area contributed by atoms with Crippen molar-refractivity contribution in [3.63, 3.8) is 0 Å². The zero-order valence-electron chi connectivity index (χ0n) is 13.5. The van der Waals surface area contributed by atoms with Gasteiger partial charge in [0.15, 0.2) is 0 Å². The van der Waals surface area contributed by atoms with Crippen LogP contribution in [0.15, 0.2) is 48.7 Å². The van der Waals surface area contributed by atoms with Crippen molar-refractivity contribution in [2.24, 2.45) is 0 Å². The van der Waals surface area contributed by atoms with Crippen LogP contribution in [0.4, 0.5) is 13.2 Å². The fourth-order valence-electron chi connectivity index (χ4n) is 2.45. The molecule has 0 spiro atoms. The summed E-state index contributed by atoms with van der Waals surface area (Å²) in [5.74, 6) is -4.98. The number of alkyl halides is 2. The van der Waals surface area contributed by atoms with Crippen LogP contribution < -0.4 is 5.32 Å². The molecule has 2 aromatic carbocycles. The molecule has 1 heterocycles. The maximum Gasteiger partial charge on any atom is 0.324 e. The summed E-state index contributed by atoms with van der Waals surface area (Å²) in [7, 11) is 0. The van der Waals surface area contributed by atoms with Gasteiger partial charge in [0.05, 0.1) is 17.4 Å². The summed E-state index contributed by atoms with van der Waals surface area (Å²) in [6.45, 7) is 1.27. The first-order chi connectivity index (χ1) is 11.9. The lowest BCUT2D eigenvalue weighted by molar-refractivity contribution is -0.146. The number of halogens is 3. The van der Waals surface area contributed by atoms with E-state index in [-0.39, 0.29) is 12.4 Å². The summed E-state index contributed by atoms with van der Waals surface area (Å²) in [5.41, 5.74) is 2.19. The predicted octanol–water partition coefficient (Wildman–Crippen LogP) is 3.83. The third-order valence-corrected chi connectivity index (χ3v) is 3.93. The molecule has 4 nitrogen and oxygen atoms in total. The second kappa shape index (κ2) is 6.58. The van der Waals surface area contributed by atoms with E-state index in [1.807, 2.05) is 0 Å². The lowest BCUT2D eigenvalue weighted by atomic mass is 10.1. The Bertz CT molecular complexity index is 904. The number of amides is 1. The largest absolute Gasteiger partial charge is 0.347 e. The molecule has 0 unspecified atom stereocenters. The Morgan fingerprint density at radius 1 is 1.20 bits per heavy atom. The fraction of sp³-hybridized carbons (Fsp3) is 0.222. The predicted molar refractivity (Wildman–Crippen MR) is 88.1 cm³/mol. The van der Waals surface area contributed by atoms with E-state index in [0.717, 1.165) is 10.9 Å².